The Morgan fingerprint density at radius 3 is 3.12 bits per heavy atom. The van der Waals surface area contributed by atoms with E-state index in [1.807, 2.05) is 6.07 Å². The van der Waals surface area contributed by atoms with E-state index in [4.69, 9.17) is 10.00 Å². The van der Waals surface area contributed by atoms with Gasteiger partial charge in [0.15, 0.2) is 0 Å². The van der Waals surface area contributed by atoms with Gasteiger partial charge in [0.05, 0.1) is 24.3 Å². The van der Waals surface area contributed by atoms with Crippen LogP contribution in [-0.2, 0) is 4.74 Å². The van der Waals surface area contributed by atoms with Gasteiger partial charge < -0.3 is 10.1 Å². The van der Waals surface area contributed by atoms with E-state index in [2.05, 4.69) is 5.32 Å². The highest BCUT2D eigenvalue weighted by Gasteiger charge is 2.17. The Balaban J connectivity index is 2.01. The van der Waals surface area contributed by atoms with Crippen LogP contribution in [0.5, 0.6) is 0 Å². The van der Waals surface area contributed by atoms with Gasteiger partial charge in [-0.25, -0.2) is 0 Å². The quantitative estimate of drug-likeness (QED) is 0.836. The monoisotopic (exact) mass is 230 g/mol. The summed E-state index contributed by atoms with van der Waals surface area (Å²) in [4.78, 5) is 11.9. The van der Waals surface area contributed by atoms with Crippen LogP contribution in [0.2, 0.25) is 0 Å². The Morgan fingerprint density at radius 2 is 2.41 bits per heavy atom. The number of nitrogens with zero attached hydrogens (tertiary/aromatic N) is 1. The van der Waals surface area contributed by atoms with Gasteiger partial charge in [0.1, 0.15) is 0 Å². The lowest BCUT2D eigenvalue weighted by atomic mass is 10.1. The molecule has 1 unspecified atom stereocenters. The number of carbonyl (C=O) groups is 1. The highest BCUT2D eigenvalue weighted by molar-refractivity contribution is 5.94. The fourth-order valence-corrected chi connectivity index (χ4v) is 1.85. The zero-order valence-electron chi connectivity index (χ0n) is 9.48. The largest absolute Gasteiger partial charge is 0.379 e. The fourth-order valence-electron chi connectivity index (χ4n) is 1.85. The topological polar surface area (TPSA) is 62.1 Å². The normalized spacial score (nSPS) is 19.4. The maximum absolute atomic E-state index is 11.9. The van der Waals surface area contributed by atoms with Crippen LogP contribution in [0.25, 0.3) is 0 Å². The molecule has 0 aliphatic carbocycles. The average Bonchev–Trinajstić information content (AvgIpc) is 2.40. The lowest BCUT2D eigenvalue weighted by Crippen LogP contribution is -2.40. The number of hydrogen-bond donors (Lipinski definition) is 1. The molecule has 1 fully saturated rings. The van der Waals surface area contributed by atoms with E-state index in [-0.39, 0.29) is 11.9 Å². The smallest absolute Gasteiger partial charge is 0.251 e. The van der Waals surface area contributed by atoms with E-state index in [1.165, 1.54) is 0 Å². The molecule has 0 saturated carbocycles. The van der Waals surface area contributed by atoms with E-state index < -0.39 is 0 Å². The first-order chi connectivity index (χ1) is 8.29. The molecule has 0 bridgehead atoms. The van der Waals surface area contributed by atoms with Gasteiger partial charge in [-0.2, -0.15) is 5.26 Å². The Hall–Kier alpha value is -1.86. The molecule has 4 heteroatoms. The van der Waals surface area contributed by atoms with E-state index in [1.54, 1.807) is 24.3 Å². The van der Waals surface area contributed by atoms with Gasteiger partial charge in [-0.1, -0.05) is 6.07 Å². The number of amides is 1. The van der Waals surface area contributed by atoms with E-state index in [9.17, 15) is 4.79 Å². The molecule has 1 aliphatic heterocycles. The summed E-state index contributed by atoms with van der Waals surface area (Å²) in [7, 11) is 0. The average molecular weight is 230 g/mol. The first-order valence-corrected chi connectivity index (χ1v) is 5.68. The van der Waals surface area contributed by atoms with Gasteiger partial charge in [0, 0.05) is 12.2 Å². The zero-order chi connectivity index (χ0) is 12.1. The van der Waals surface area contributed by atoms with Crippen LogP contribution in [-0.4, -0.2) is 25.2 Å². The maximum atomic E-state index is 11.9. The Morgan fingerprint density at radius 1 is 1.53 bits per heavy atom. The fraction of sp³-hybridized carbons (Fsp3) is 0.385. The Kier molecular flexibility index (Phi) is 3.73. The highest BCUT2D eigenvalue weighted by atomic mass is 16.5. The van der Waals surface area contributed by atoms with Crippen molar-refractivity contribution in [1.29, 1.82) is 5.26 Å². The van der Waals surface area contributed by atoms with Gasteiger partial charge in [-0.3, -0.25) is 4.79 Å². The standard InChI is InChI=1S/C13H14N2O2/c14-8-10-3-1-4-11(7-10)13(16)15-12-5-2-6-17-9-12/h1,3-4,7,12H,2,5-6,9H2,(H,15,16). The summed E-state index contributed by atoms with van der Waals surface area (Å²) < 4.78 is 5.30. The molecular formula is C13H14N2O2. The van der Waals surface area contributed by atoms with Crippen LogP contribution >= 0.6 is 0 Å². The number of carbonyl (C=O) groups excluding carboxylic acids is 1. The first kappa shape index (κ1) is 11.6. The number of nitrogens with one attached hydrogen (secondary N) is 1. The molecule has 0 spiro atoms. The van der Waals surface area contributed by atoms with Gasteiger partial charge >= 0.3 is 0 Å². The minimum atomic E-state index is -0.141. The molecule has 1 aromatic rings. The lowest BCUT2D eigenvalue weighted by Gasteiger charge is -2.23. The van der Waals surface area contributed by atoms with Crippen molar-refractivity contribution < 1.29 is 9.53 Å². The molecule has 4 nitrogen and oxygen atoms in total. The molecule has 1 aliphatic rings. The predicted molar refractivity (Wildman–Crippen MR) is 62.5 cm³/mol. The summed E-state index contributed by atoms with van der Waals surface area (Å²) in [6.45, 7) is 1.35. The van der Waals surface area contributed by atoms with Crippen molar-refractivity contribution in [1.82, 2.24) is 5.32 Å². The van der Waals surface area contributed by atoms with Crippen molar-refractivity contribution >= 4 is 5.91 Å². The van der Waals surface area contributed by atoms with Crippen LogP contribution in [0.4, 0.5) is 0 Å². The van der Waals surface area contributed by atoms with E-state index in [0.29, 0.717) is 17.7 Å². The number of benzene rings is 1. The first-order valence-electron chi connectivity index (χ1n) is 5.68. The summed E-state index contributed by atoms with van der Waals surface area (Å²) in [5.74, 6) is -0.141. The van der Waals surface area contributed by atoms with Crippen molar-refractivity contribution in [2.45, 2.75) is 18.9 Å². The summed E-state index contributed by atoms with van der Waals surface area (Å²) in [5.41, 5.74) is 1.02. The van der Waals surface area contributed by atoms with Crippen LogP contribution in [0.15, 0.2) is 24.3 Å². The van der Waals surface area contributed by atoms with E-state index >= 15 is 0 Å². The molecule has 2 rings (SSSR count). The molecule has 1 saturated heterocycles. The Bertz CT molecular complexity index is 445. The van der Waals surface area contributed by atoms with Crippen molar-refractivity contribution in [3.8, 4) is 6.07 Å². The molecular weight excluding hydrogens is 216 g/mol. The zero-order valence-corrected chi connectivity index (χ0v) is 9.48. The lowest BCUT2D eigenvalue weighted by molar-refractivity contribution is 0.0624. The number of hydrogen-bond acceptors (Lipinski definition) is 3. The van der Waals surface area contributed by atoms with Crippen LogP contribution in [0.1, 0.15) is 28.8 Å². The molecule has 0 radical (unpaired) electrons. The summed E-state index contributed by atoms with van der Waals surface area (Å²) in [5, 5.41) is 11.7. The predicted octanol–water partition coefficient (Wildman–Crippen LogP) is 1.47. The second-order valence-electron chi connectivity index (χ2n) is 4.08. The molecule has 17 heavy (non-hydrogen) atoms. The molecule has 88 valence electrons. The third-order valence-corrected chi connectivity index (χ3v) is 2.75. The third-order valence-electron chi connectivity index (χ3n) is 2.75. The number of nitriles is 1. The van der Waals surface area contributed by atoms with Gasteiger partial charge in [0.2, 0.25) is 0 Å². The molecule has 1 N–H and O–H groups in total. The van der Waals surface area contributed by atoms with Gasteiger partial charge in [-0.05, 0) is 31.0 Å². The third kappa shape index (κ3) is 3.05. The molecule has 1 heterocycles. The van der Waals surface area contributed by atoms with Crippen molar-refractivity contribution in [3.63, 3.8) is 0 Å². The van der Waals surface area contributed by atoms with Crippen molar-refractivity contribution in [2.24, 2.45) is 0 Å². The summed E-state index contributed by atoms with van der Waals surface area (Å²) >= 11 is 0. The highest BCUT2D eigenvalue weighted by Crippen LogP contribution is 2.08. The van der Waals surface area contributed by atoms with Crippen LogP contribution in [0, 0.1) is 11.3 Å². The minimum Gasteiger partial charge on any atom is -0.379 e. The van der Waals surface area contributed by atoms with Crippen molar-refractivity contribution in [2.75, 3.05) is 13.2 Å². The van der Waals surface area contributed by atoms with Crippen LogP contribution < -0.4 is 5.32 Å². The Labute approximate surface area is 100 Å². The molecule has 1 aromatic carbocycles. The second kappa shape index (κ2) is 5.46. The van der Waals surface area contributed by atoms with Gasteiger partial charge in [-0.15, -0.1) is 0 Å². The number of ether oxygens (including phenoxy) is 1. The molecule has 1 amide bonds. The minimum absolute atomic E-state index is 0.0852. The maximum Gasteiger partial charge on any atom is 0.251 e. The molecule has 0 aromatic heterocycles. The van der Waals surface area contributed by atoms with Crippen molar-refractivity contribution in [3.05, 3.63) is 35.4 Å². The van der Waals surface area contributed by atoms with Gasteiger partial charge in [0.25, 0.3) is 5.91 Å². The van der Waals surface area contributed by atoms with Crippen LogP contribution in [0.3, 0.4) is 0 Å². The molecule has 1 atom stereocenters. The summed E-state index contributed by atoms with van der Waals surface area (Å²) in [6, 6.07) is 8.80. The van der Waals surface area contributed by atoms with E-state index in [0.717, 1.165) is 19.4 Å². The SMILES string of the molecule is N#Cc1cccc(C(=O)NC2CCCOC2)c1. The summed E-state index contributed by atoms with van der Waals surface area (Å²) in [6.07, 6.45) is 1.92. The second-order valence-corrected chi connectivity index (χ2v) is 4.08. The number of rotatable bonds is 2.